The van der Waals surface area contributed by atoms with E-state index >= 15 is 0 Å². The molecule has 0 radical (unpaired) electrons. The summed E-state index contributed by atoms with van der Waals surface area (Å²) in [7, 11) is 1.54. The van der Waals surface area contributed by atoms with Crippen molar-refractivity contribution in [2.75, 3.05) is 20.3 Å². The van der Waals surface area contributed by atoms with Crippen molar-refractivity contribution in [1.29, 1.82) is 0 Å². The lowest BCUT2D eigenvalue weighted by molar-refractivity contribution is -0.117. The molecule has 1 heterocycles. The molecule has 3 atom stereocenters. The van der Waals surface area contributed by atoms with Crippen LogP contribution in [0.4, 0.5) is 0 Å². The molecule has 1 fully saturated rings. The van der Waals surface area contributed by atoms with E-state index in [1.54, 1.807) is 19.3 Å². The van der Waals surface area contributed by atoms with Crippen LogP contribution in [-0.2, 0) is 16.1 Å². The Labute approximate surface area is 159 Å². The van der Waals surface area contributed by atoms with Gasteiger partial charge < -0.3 is 29.7 Å². The van der Waals surface area contributed by atoms with Gasteiger partial charge in [0.25, 0.3) is 0 Å². The molecule has 1 amide bonds. The molecule has 3 rings (SSSR count). The first-order valence-electron chi connectivity index (χ1n) is 7.96. The summed E-state index contributed by atoms with van der Waals surface area (Å²) in [6.45, 7) is 0.0258. The molecule has 1 saturated heterocycles. The summed E-state index contributed by atoms with van der Waals surface area (Å²) < 4.78 is 17.9. The highest BCUT2D eigenvalue weighted by atomic mass is 127. The number of ether oxygens (including phenoxy) is 3. The first kappa shape index (κ1) is 18.4. The van der Waals surface area contributed by atoms with Crippen molar-refractivity contribution in [2.45, 2.75) is 31.3 Å². The third-order valence-electron chi connectivity index (χ3n) is 4.15. The van der Waals surface area contributed by atoms with Gasteiger partial charge in [0, 0.05) is 18.5 Å². The minimum absolute atomic E-state index is 0.0229. The summed E-state index contributed by atoms with van der Waals surface area (Å²) in [6, 6.07) is 3.55. The summed E-state index contributed by atoms with van der Waals surface area (Å²) in [6.07, 6.45) is 1.82. The van der Waals surface area contributed by atoms with Crippen LogP contribution in [0, 0.1) is 3.57 Å². The van der Waals surface area contributed by atoms with Crippen molar-refractivity contribution in [3.63, 3.8) is 0 Å². The van der Waals surface area contributed by atoms with Gasteiger partial charge in [0.1, 0.15) is 12.2 Å². The summed E-state index contributed by atoms with van der Waals surface area (Å²) in [5.74, 6) is 0.875. The predicted molar refractivity (Wildman–Crippen MR) is 97.5 cm³/mol. The molecule has 0 bridgehead atoms. The van der Waals surface area contributed by atoms with Gasteiger partial charge in [-0.2, -0.15) is 0 Å². The van der Waals surface area contributed by atoms with E-state index in [9.17, 15) is 9.90 Å². The normalized spacial score (nSPS) is 24.2. The van der Waals surface area contributed by atoms with E-state index in [4.69, 9.17) is 19.3 Å². The lowest BCUT2D eigenvalue weighted by Crippen LogP contribution is -2.33. The van der Waals surface area contributed by atoms with E-state index in [1.807, 2.05) is 6.07 Å². The molecule has 1 aliphatic carbocycles. The Morgan fingerprint density at radius 3 is 2.92 bits per heavy atom. The highest BCUT2D eigenvalue weighted by molar-refractivity contribution is 14.1. The van der Waals surface area contributed by atoms with Crippen molar-refractivity contribution in [2.24, 2.45) is 0 Å². The number of carbonyl (C=O) groups is 1. The zero-order valence-corrected chi connectivity index (χ0v) is 15.9. The lowest BCUT2D eigenvalue weighted by Gasteiger charge is -2.21. The Bertz CT molecular complexity index is 692. The summed E-state index contributed by atoms with van der Waals surface area (Å²) in [5, 5.41) is 20.8. The van der Waals surface area contributed by atoms with Crippen LogP contribution in [0.3, 0.4) is 0 Å². The molecule has 1 aliphatic heterocycles. The van der Waals surface area contributed by atoms with Gasteiger partial charge in [0.2, 0.25) is 5.91 Å². The van der Waals surface area contributed by atoms with Gasteiger partial charge in [-0.25, -0.2) is 0 Å². The van der Waals surface area contributed by atoms with Gasteiger partial charge in [0.05, 0.1) is 30.0 Å². The fourth-order valence-corrected chi connectivity index (χ4v) is 3.65. The van der Waals surface area contributed by atoms with E-state index in [0.717, 1.165) is 9.13 Å². The molecule has 25 heavy (non-hydrogen) atoms. The van der Waals surface area contributed by atoms with Crippen molar-refractivity contribution in [3.8, 4) is 11.5 Å². The van der Waals surface area contributed by atoms with E-state index in [-0.39, 0.29) is 37.9 Å². The molecular weight excluding hydrogens is 441 g/mol. The number of aliphatic hydroxyl groups is 2. The van der Waals surface area contributed by atoms with E-state index in [0.29, 0.717) is 23.5 Å². The summed E-state index contributed by atoms with van der Waals surface area (Å²) in [4.78, 5) is 12.1. The van der Waals surface area contributed by atoms with Crippen LogP contribution in [0.5, 0.6) is 11.5 Å². The number of hydrogen-bond acceptors (Lipinski definition) is 6. The van der Waals surface area contributed by atoms with Gasteiger partial charge >= 0.3 is 0 Å². The first-order valence-corrected chi connectivity index (χ1v) is 9.04. The standard InChI is InChI=1S/C17H20INO6/c1-23-12-5-9(8-21)4-11(18)15(12)24-13-6-10(7-14-16(13)25-14)17(22)19-2-3-20/h4-6,13-14,16,20-21H,2-3,7-8H2,1H3,(H,19,22)/t13-,14-,16+/m0/s1. The molecule has 1 aromatic rings. The zero-order valence-electron chi connectivity index (χ0n) is 13.7. The number of benzene rings is 1. The van der Waals surface area contributed by atoms with Gasteiger partial charge in [-0.05, 0) is 46.4 Å². The van der Waals surface area contributed by atoms with Crippen LogP contribution in [0.2, 0.25) is 0 Å². The molecule has 0 unspecified atom stereocenters. The van der Waals surface area contributed by atoms with Crippen molar-refractivity contribution in [1.82, 2.24) is 5.32 Å². The van der Waals surface area contributed by atoms with Gasteiger partial charge in [-0.1, -0.05) is 0 Å². The Balaban J connectivity index is 1.81. The average Bonchev–Trinajstić information content (AvgIpc) is 3.40. The number of carbonyl (C=O) groups excluding carboxylic acids is 1. The molecule has 0 spiro atoms. The number of epoxide rings is 1. The Morgan fingerprint density at radius 1 is 1.44 bits per heavy atom. The highest BCUT2D eigenvalue weighted by Gasteiger charge is 2.50. The van der Waals surface area contributed by atoms with Crippen LogP contribution >= 0.6 is 22.6 Å². The SMILES string of the molecule is COc1cc(CO)cc(I)c1O[C@H]1C=C(C(=O)NCCO)C[C@@H]2O[C@H]12. The van der Waals surface area contributed by atoms with E-state index in [2.05, 4.69) is 27.9 Å². The first-order chi connectivity index (χ1) is 12.1. The topological polar surface area (TPSA) is 101 Å². The molecule has 136 valence electrons. The monoisotopic (exact) mass is 461 g/mol. The second-order valence-electron chi connectivity index (χ2n) is 5.86. The van der Waals surface area contributed by atoms with Crippen molar-refractivity contribution < 1.29 is 29.2 Å². The molecular formula is C17H20INO6. The van der Waals surface area contributed by atoms with E-state index in [1.165, 1.54) is 0 Å². The van der Waals surface area contributed by atoms with Crippen molar-refractivity contribution >= 4 is 28.5 Å². The molecule has 1 aromatic carbocycles. The third-order valence-corrected chi connectivity index (χ3v) is 4.95. The molecule has 0 saturated carbocycles. The molecule has 7 nitrogen and oxygen atoms in total. The average molecular weight is 461 g/mol. The van der Waals surface area contributed by atoms with Gasteiger partial charge in [-0.3, -0.25) is 4.79 Å². The number of fused-ring (bicyclic) bond motifs is 1. The maximum Gasteiger partial charge on any atom is 0.247 e. The van der Waals surface area contributed by atoms with E-state index < -0.39 is 6.10 Å². The van der Waals surface area contributed by atoms with Crippen LogP contribution in [0.1, 0.15) is 12.0 Å². The molecule has 0 aromatic heterocycles. The highest BCUT2D eigenvalue weighted by Crippen LogP contribution is 2.41. The second-order valence-corrected chi connectivity index (χ2v) is 7.03. The minimum atomic E-state index is -0.393. The fourth-order valence-electron chi connectivity index (χ4n) is 2.86. The Kier molecular flexibility index (Phi) is 5.82. The van der Waals surface area contributed by atoms with Crippen LogP contribution in [-0.4, -0.2) is 54.7 Å². The third kappa shape index (κ3) is 4.08. The quantitative estimate of drug-likeness (QED) is 0.410. The van der Waals surface area contributed by atoms with Crippen LogP contribution in [0.25, 0.3) is 0 Å². The van der Waals surface area contributed by atoms with Crippen molar-refractivity contribution in [3.05, 3.63) is 32.9 Å². The fraction of sp³-hybridized carbons (Fsp3) is 0.471. The predicted octanol–water partition coefficient (Wildman–Crippen LogP) is 0.745. The van der Waals surface area contributed by atoms with Crippen LogP contribution < -0.4 is 14.8 Å². The number of methoxy groups -OCH3 is 1. The largest absolute Gasteiger partial charge is 0.493 e. The number of halogens is 1. The summed E-state index contributed by atoms with van der Waals surface area (Å²) in [5.41, 5.74) is 1.33. The maximum absolute atomic E-state index is 12.1. The number of aliphatic hydroxyl groups excluding tert-OH is 2. The Morgan fingerprint density at radius 2 is 2.24 bits per heavy atom. The number of amides is 1. The van der Waals surface area contributed by atoms with Gasteiger partial charge in [0.15, 0.2) is 11.5 Å². The summed E-state index contributed by atoms with van der Waals surface area (Å²) >= 11 is 2.13. The molecule has 3 N–H and O–H groups in total. The number of rotatable bonds is 7. The smallest absolute Gasteiger partial charge is 0.247 e. The number of nitrogens with one attached hydrogen (secondary N) is 1. The van der Waals surface area contributed by atoms with Gasteiger partial charge in [-0.15, -0.1) is 0 Å². The Hall–Kier alpha value is -1.36. The maximum atomic E-state index is 12.1. The zero-order chi connectivity index (χ0) is 18.0. The minimum Gasteiger partial charge on any atom is -0.493 e. The lowest BCUT2D eigenvalue weighted by atomic mass is 9.96. The molecule has 2 aliphatic rings. The molecule has 8 heteroatoms. The van der Waals surface area contributed by atoms with Crippen LogP contribution in [0.15, 0.2) is 23.8 Å². The number of hydrogen-bond donors (Lipinski definition) is 3. The second kappa shape index (κ2) is 7.90.